The fraction of sp³-hybridized carbons (Fsp3) is 0.706. The molecular weight excluding hydrogens is 282 g/mol. The van der Waals surface area contributed by atoms with E-state index in [2.05, 4.69) is 11.8 Å². The van der Waals surface area contributed by atoms with Crippen LogP contribution in [0.5, 0.6) is 0 Å². The van der Waals surface area contributed by atoms with Gasteiger partial charge in [0.2, 0.25) is 0 Å². The number of carbonyl (C=O) groups excluding carboxylic acids is 1. The minimum Gasteiger partial charge on any atom is -0.445 e. The van der Waals surface area contributed by atoms with E-state index in [1.807, 2.05) is 13.8 Å². The first kappa shape index (κ1) is 15.7. The second-order valence-electron chi connectivity index (χ2n) is 5.99. The Morgan fingerprint density at radius 3 is 2.64 bits per heavy atom. The summed E-state index contributed by atoms with van der Waals surface area (Å²) in [5.41, 5.74) is 3.16. The van der Waals surface area contributed by atoms with Crippen LogP contribution < -0.4 is 0 Å². The maximum Gasteiger partial charge on any atom is 0.332 e. The van der Waals surface area contributed by atoms with Gasteiger partial charge in [0.15, 0.2) is 11.9 Å². The number of nitrogens with zero attached hydrogens (tertiary/aromatic N) is 1. The largest absolute Gasteiger partial charge is 0.445 e. The highest BCUT2D eigenvalue weighted by Crippen LogP contribution is 2.60. The molecule has 3 atom stereocenters. The van der Waals surface area contributed by atoms with Gasteiger partial charge in [-0.3, -0.25) is 4.90 Å². The van der Waals surface area contributed by atoms with Crippen LogP contribution in [0.1, 0.15) is 33.6 Å². The van der Waals surface area contributed by atoms with Gasteiger partial charge in [0.05, 0.1) is 12.1 Å². The second kappa shape index (κ2) is 5.48. The normalized spacial score (nSPS) is 35.4. The molecule has 0 N–H and O–H groups in total. The van der Waals surface area contributed by atoms with Gasteiger partial charge >= 0.3 is 5.97 Å². The Morgan fingerprint density at radius 1 is 1.32 bits per heavy atom. The lowest BCUT2D eigenvalue weighted by Gasteiger charge is -2.41. The topological polar surface area (TPSA) is 48.0 Å². The van der Waals surface area contributed by atoms with E-state index < -0.39 is 5.60 Å². The smallest absolute Gasteiger partial charge is 0.332 e. The van der Waals surface area contributed by atoms with Crippen molar-refractivity contribution < 1.29 is 19.0 Å². The lowest BCUT2D eigenvalue weighted by atomic mass is 9.68. The van der Waals surface area contributed by atoms with Gasteiger partial charge < -0.3 is 14.2 Å². The summed E-state index contributed by atoms with van der Waals surface area (Å²) in [6.45, 7) is 6.94. The fourth-order valence-electron chi connectivity index (χ4n) is 4.58. The SMILES string of the molecule is CC.COC(OC)C1CCC2N1CC1=C(C)C3=CC(=O)O[C@]312. The Hall–Kier alpha value is -1.17. The van der Waals surface area contributed by atoms with E-state index in [4.69, 9.17) is 14.2 Å². The summed E-state index contributed by atoms with van der Waals surface area (Å²) in [7, 11) is 3.35. The maximum absolute atomic E-state index is 11.7. The summed E-state index contributed by atoms with van der Waals surface area (Å²) in [5, 5.41) is 0. The Morgan fingerprint density at radius 2 is 2.00 bits per heavy atom. The van der Waals surface area contributed by atoms with Crippen molar-refractivity contribution in [2.45, 2.75) is 57.6 Å². The van der Waals surface area contributed by atoms with Crippen LogP contribution in [0.15, 0.2) is 22.8 Å². The zero-order valence-electron chi connectivity index (χ0n) is 14.0. The zero-order chi connectivity index (χ0) is 16.1. The zero-order valence-corrected chi connectivity index (χ0v) is 14.0. The average molecular weight is 307 g/mol. The number of hydrogen-bond acceptors (Lipinski definition) is 5. The second-order valence-corrected chi connectivity index (χ2v) is 5.99. The van der Waals surface area contributed by atoms with Crippen LogP contribution in [0.3, 0.4) is 0 Å². The molecule has 5 nitrogen and oxygen atoms in total. The van der Waals surface area contributed by atoms with E-state index in [-0.39, 0.29) is 24.3 Å². The van der Waals surface area contributed by atoms with E-state index in [0.717, 1.165) is 25.0 Å². The highest BCUT2D eigenvalue weighted by atomic mass is 16.7. The van der Waals surface area contributed by atoms with Gasteiger partial charge in [-0.05, 0) is 30.9 Å². The first-order chi connectivity index (χ1) is 10.6. The van der Waals surface area contributed by atoms with E-state index >= 15 is 0 Å². The number of ether oxygens (including phenoxy) is 3. The van der Waals surface area contributed by atoms with Crippen molar-refractivity contribution >= 4 is 5.97 Å². The predicted molar refractivity (Wildman–Crippen MR) is 82.3 cm³/mol. The molecule has 122 valence electrons. The van der Waals surface area contributed by atoms with Crippen molar-refractivity contribution in [1.29, 1.82) is 0 Å². The molecule has 0 saturated carbocycles. The lowest BCUT2D eigenvalue weighted by Crippen LogP contribution is -2.51. The van der Waals surface area contributed by atoms with Gasteiger partial charge in [0.1, 0.15) is 0 Å². The molecule has 1 aliphatic carbocycles. The van der Waals surface area contributed by atoms with Crippen molar-refractivity contribution in [2.24, 2.45) is 0 Å². The molecule has 0 aromatic heterocycles. The number of methoxy groups -OCH3 is 2. The van der Waals surface area contributed by atoms with E-state index in [1.54, 1.807) is 20.3 Å². The molecule has 5 heteroatoms. The molecule has 2 fully saturated rings. The molecule has 3 aliphatic heterocycles. The molecule has 0 amide bonds. The minimum absolute atomic E-state index is 0.199. The number of rotatable bonds is 3. The van der Waals surface area contributed by atoms with Crippen molar-refractivity contribution in [3.05, 3.63) is 22.8 Å². The monoisotopic (exact) mass is 307 g/mol. The van der Waals surface area contributed by atoms with Crippen molar-refractivity contribution in [2.75, 3.05) is 20.8 Å². The van der Waals surface area contributed by atoms with E-state index in [1.165, 1.54) is 11.1 Å². The Bertz CT molecular complexity index is 549. The van der Waals surface area contributed by atoms with Crippen LogP contribution in [0.2, 0.25) is 0 Å². The van der Waals surface area contributed by atoms with Crippen LogP contribution in [-0.2, 0) is 19.0 Å². The summed E-state index contributed by atoms with van der Waals surface area (Å²) >= 11 is 0. The summed E-state index contributed by atoms with van der Waals surface area (Å²) in [6, 6.07) is 0.479. The van der Waals surface area contributed by atoms with Crippen LogP contribution in [-0.4, -0.2) is 55.6 Å². The molecule has 3 heterocycles. The molecule has 0 aromatic rings. The first-order valence-corrected chi connectivity index (χ1v) is 8.10. The molecule has 2 saturated heterocycles. The molecular formula is C17H25NO4. The molecule has 1 spiro atoms. The third-order valence-electron chi connectivity index (χ3n) is 5.38. The van der Waals surface area contributed by atoms with Crippen molar-refractivity contribution in [3.8, 4) is 0 Å². The molecule has 0 radical (unpaired) electrons. The Kier molecular flexibility index (Phi) is 3.91. The van der Waals surface area contributed by atoms with Crippen molar-refractivity contribution in [1.82, 2.24) is 4.90 Å². The molecule has 0 aromatic carbocycles. The molecule has 2 unspecified atom stereocenters. The van der Waals surface area contributed by atoms with Gasteiger partial charge in [-0.1, -0.05) is 13.8 Å². The van der Waals surface area contributed by atoms with E-state index in [0.29, 0.717) is 0 Å². The van der Waals surface area contributed by atoms with Crippen LogP contribution in [0.25, 0.3) is 0 Å². The molecule has 22 heavy (non-hydrogen) atoms. The third-order valence-corrected chi connectivity index (χ3v) is 5.38. The quantitative estimate of drug-likeness (QED) is 0.590. The van der Waals surface area contributed by atoms with Gasteiger partial charge in [-0.15, -0.1) is 0 Å². The maximum atomic E-state index is 11.7. The summed E-state index contributed by atoms with van der Waals surface area (Å²) in [4.78, 5) is 14.1. The fourth-order valence-corrected chi connectivity index (χ4v) is 4.58. The highest BCUT2D eigenvalue weighted by Gasteiger charge is 2.67. The number of hydrogen-bond donors (Lipinski definition) is 0. The number of fused-ring (bicyclic) bond motifs is 1. The number of carbonyl (C=O) groups is 1. The van der Waals surface area contributed by atoms with Crippen LogP contribution in [0.4, 0.5) is 0 Å². The average Bonchev–Trinajstić information content (AvgIpc) is 3.16. The predicted octanol–water partition coefficient (Wildman–Crippen LogP) is 2.03. The minimum atomic E-state index is -0.443. The molecule has 4 aliphatic rings. The van der Waals surface area contributed by atoms with Gasteiger partial charge in [0.25, 0.3) is 0 Å². The highest BCUT2D eigenvalue weighted by molar-refractivity contribution is 5.92. The van der Waals surface area contributed by atoms with Gasteiger partial charge in [-0.2, -0.15) is 0 Å². The number of esters is 1. The summed E-state index contributed by atoms with van der Waals surface area (Å²) in [6.07, 6.45) is 3.46. The van der Waals surface area contributed by atoms with Crippen molar-refractivity contribution in [3.63, 3.8) is 0 Å². The summed E-state index contributed by atoms with van der Waals surface area (Å²) in [5.74, 6) is -0.199. The van der Waals surface area contributed by atoms with Crippen LogP contribution in [0, 0.1) is 0 Å². The van der Waals surface area contributed by atoms with Crippen LogP contribution >= 0.6 is 0 Å². The first-order valence-electron chi connectivity index (χ1n) is 8.10. The van der Waals surface area contributed by atoms with E-state index in [9.17, 15) is 4.79 Å². The standard InChI is InChI=1S/C15H19NO4.C2H6/c1-8-9-6-13(17)20-15(9)10(8)7-16-11(4-5-12(15)16)14(18-2)19-3;1-2/h6,11-12,14H,4-5,7H2,1-3H3;1-2H3/t11?,12?,15-;/m1./s1. The molecule has 4 rings (SSSR count). The van der Waals surface area contributed by atoms with Gasteiger partial charge in [-0.25, -0.2) is 4.79 Å². The third kappa shape index (κ3) is 1.73. The lowest BCUT2D eigenvalue weighted by molar-refractivity contribution is -0.150. The Balaban J connectivity index is 0.000000693. The Labute approximate surface area is 131 Å². The molecule has 0 bridgehead atoms. The summed E-state index contributed by atoms with van der Waals surface area (Å²) < 4.78 is 16.6. The van der Waals surface area contributed by atoms with Gasteiger partial charge in [0, 0.05) is 32.4 Å².